The molecule has 2 aromatic carbocycles. The number of benzene rings is 2. The maximum absolute atomic E-state index is 12.9. The van der Waals surface area contributed by atoms with E-state index in [-0.39, 0.29) is 30.2 Å². The Morgan fingerprint density at radius 3 is 2.28 bits per heavy atom. The Bertz CT molecular complexity index is 1010. The summed E-state index contributed by atoms with van der Waals surface area (Å²) in [4.78, 5) is 43.7. The fourth-order valence-corrected chi connectivity index (χ4v) is 4.81. The maximum atomic E-state index is 12.9. The fraction of sp³-hybridized carbons (Fsp3) is 0.464. The summed E-state index contributed by atoms with van der Waals surface area (Å²) in [6.45, 7) is 4.34. The molecule has 0 bridgehead atoms. The highest BCUT2D eigenvalue weighted by Crippen LogP contribution is 2.21. The van der Waals surface area contributed by atoms with Gasteiger partial charge in [-0.2, -0.15) is 0 Å². The van der Waals surface area contributed by atoms with Gasteiger partial charge in [0.25, 0.3) is 0 Å². The van der Waals surface area contributed by atoms with Crippen molar-refractivity contribution in [3.63, 3.8) is 0 Å². The molecule has 2 aliphatic rings. The predicted molar refractivity (Wildman–Crippen MR) is 140 cm³/mol. The lowest BCUT2D eigenvalue weighted by Crippen LogP contribution is -2.45. The first-order valence-corrected chi connectivity index (χ1v) is 12.8. The van der Waals surface area contributed by atoms with E-state index in [1.807, 2.05) is 59.5 Å². The van der Waals surface area contributed by atoms with Crippen LogP contribution < -0.4 is 10.2 Å². The topological polar surface area (TPSA) is 82.2 Å². The maximum Gasteiger partial charge on any atom is 0.243 e. The van der Waals surface area contributed by atoms with E-state index < -0.39 is 0 Å². The average molecular weight is 493 g/mol. The van der Waals surface area contributed by atoms with E-state index in [1.54, 1.807) is 7.05 Å². The molecule has 0 saturated carbocycles. The number of anilines is 2. The number of hydrogen-bond acceptors (Lipinski definition) is 5. The molecule has 0 spiro atoms. The van der Waals surface area contributed by atoms with Crippen molar-refractivity contribution >= 4 is 29.1 Å². The number of likely N-dealkylation sites (N-methyl/N-ethyl adjacent to an activating group) is 1. The van der Waals surface area contributed by atoms with E-state index in [0.29, 0.717) is 38.0 Å². The summed E-state index contributed by atoms with van der Waals surface area (Å²) in [6.07, 6.45) is 2.47. The first-order chi connectivity index (χ1) is 17.5. The number of nitrogens with one attached hydrogen (secondary N) is 1. The summed E-state index contributed by atoms with van der Waals surface area (Å²) < 4.78 is 5.39. The lowest BCUT2D eigenvalue weighted by molar-refractivity contribution is -0.141. The third kappa shape index (κ3) is 7.07. The zero-order valence-electron chi connectivity index (χ0n) is 21.0. The number of aryl methyl sites for hydroxylation is 1. The minimum atomic E-state index is -0.224. The molecule has 3 amide bonds. The number of carbonyl (C=O) groups is 3. The van der Waals surface area contributed by atoms with Crippen LogP contribution in [-0.4, -0.2) is 80.5 Å². The number of morpholine rings is 1. The first-order valence-electron chi connectivity index (χ1n) is 12.8. The molecule has 2 aliphatic heterocycles. The molecule has 0 radical (unpaired) electrons. The van der Waals surface area contributed by atoms with Crippen molar-refractivity contribution < 1.29 is 19.1 Å². The van der Waals surface area contributed by atoms with Crippen LogP contribution in [0.1, 0.15) is 24.8 Å². The molecule has 2 fully saturated rings. The molecule has 2 aromatic rings. The number of piperidine rings is 1. The minimum Gasteiger partial charge on any atom is -0.378 e. The molecule has 0 aliphatic carbocycles. The second kappa shape index (κ2) is 12.5. The number of ether oxygens (including phenoxy) is 1. The van der Waals surface area contributed by atoms with Crippen LogP contribution in [0.5, 0.6) is 0 Å². The van der Waals surface area contributed by atoms with Gasteiger partial charge in [0.05, 0.1) is 19.8 Å². The Balaban J connectivity index is 1.18. The molecular formula is C28H36N4O4. The second-order valence-corrected chi connectivity index (χ2v) is 9.53. The third-order valence-electron chi connectivity index (χ3n) is 6.95. The normalized spacial score (nSPS) is 16.5. The Kier molecular flexibility index (Phi) is 8.95. The van der Waals surface area contributed by atoms with Crippen molar-refractivity contribution in [2.24, 2.45) is 5.92 Å². The van der Waals surface area contributed by atoms with E-state index in [4.69, 9.17) is 4.74 Å². The summed E-state index contributed by atoms with van der Waals surface area (Å²) in [5, 5.41) is 2.88. The summed E-state index contributed by atoms with van der Waals surface area (Å²) in [6, 6.07) is 17.7. The van der Waals surface area contributed by atoms with Crippen molar-refractivity contribution in [3.8, 4) is 0 Å². The zero-order valence-corrected chi connectivity index (χ0v) is 21.0. The molecule has 2 saturated heterocycles. The van der Waals surface area contributed by atoms with Crippen LogP contribution in [0.2, 0.25) is 0 Å². The molecular weight excluding hydrogens is 456 g/mol. The molecule has 8 heteroatoms. The van der Waals surface area contributed by atoms with Gasteiger partial charge in [0.15, 0.2) is 0 Å². The van der Waals surface area contributed by atoms with Gasteiger partial charge in [-0.25, -0.2) is 0 Å². The molecule has 0 atom stereocenters. The second-order valence-electron chi connectivity index (χ2n) is 9.53. The van der Waals surface area contributed by atoms with Gasteiger partial charge in [0, 0.05) is 56.9 Å². The van der Waals surface area contributed by atoms with E-state index in [1.165, 1.54) is 4.90 Å². The minimum absolute atomic E-state index is 0.000267. The number of nitrogens with zero attached hydrogens (tertiary/aromatic N) is 3. The van der Waals surface area contributed by atoms with Gasteiger partial charge in [-0.3, -0.25) is 14.4 Å². The Hall–Kier alpha value is -3.39. The molecule has 1 N–H and O–H groups in total. The SMILES string of the molecule is CN(CC(=O)Nc1ccc(N2CCOCC2)cc1)C(=O)C1CCN(C(=O)CCc2ccccc2)CC1. The fourth-order valence-electron chi connectivity index (χ4n) is 4.81. The van der Waals surface area contributed by atoms with Gasteiger partial charge in [-0.1, -0.05) is 30.3 Å². The van der Waals surface area contributed by atoms with Crippen LogP contribution in [0.3, 0.4) is 0 Å². The summed E-state index contributed by atoms with van der Waals surface area (Å²) >= 11 is 0. The highest BCUT2D eigenvalue weighted by Gasteiger charge is 2.29. The lowest BCUT2D eigenvalue weighted by atomic mass is 9.95. The largest absolute Gasteiger partial charge is 0.378 e. The summed E-state index contributed by atoms with van der Waals surface area (Å²) in [7, 11) is 1.67. The molecule has 0 unspecified atom stereocenters. The highest BCUT2D eigenvalue weighted by atomic mass is 16.5. The molecule has 4 rings (SSSR count). The quantitative estimate of drug-likeness (QED) is 0.613. The molecule has 192 valence electrons. The van der Waals surface area contributed by atoms with Crippen molar-refractivity contribution in [1.29, 1.82) is 0 Å². The van der Waals surface area contributed by atoms with E-state index >= 15 is 0 Å². The van der Waals surface area contributed by atoms with E-state index in [9.17, 15) is 14.4 Å². The van der Waals surface area contributed by atoms with Gasteiger partial charge in [0.1, 0.15) is 0 Å². The standard InChI is InChI=1S/C28H36N4O4/c1-30(21-26(33)29-24-8-10-25(11-9-24)31-17-19-36-20-18-31)28(35)23-13-15-32(16-14-23)27(34)12-7-22-5-3-2-4-6-22/h2-6,8-11,23H,7,12-21H2,1H3,(H,29,33). The highest BCUT2D eigenvalue weighted by molar-refractivity contribution is 5.95. The number of hydrogen-bond donors (Lipinski definition) is 1. The van der Waals surface area contributed by atoms with Crippen LogP contribution in [-0.2, 0) is 25.5 Å². The molecule has 0 aromatic heterocycles. The molecule has 8 nitrogen and oxygen atoms in total. The average Bonchev–Trinajstić information content (AvgIpc) is 2.93. The Labute approximate surface area is 213 Å². The van der Waals surface area contributed by atoms with Gasteiger partial charge < -0.3 is 24.8 Å². The van der Waals surface area contributed by atoms with Gasteiger partial charge in [0.2, 0.25) is 17.7 Å². The van der Waals surface area contributed by atoms with Crippen molar-refractivity contribution in [2.45, 2.75) is 25.7 Å². The van der Waals surface area contributed by atoms with Crippen LogP contribution in [0.15, 0.2) is 54.6 Å². The van der Waals surface area contributed by atoms with Gasteiger partial charge >= 0.3 is 0 Å². The summed E-state index contributed by atoms with van der Waals surface area (Å²) in [5.41, 5.74) is 2.97. The summed E-state index contributed by atoms with van der Waals surface area (Å²) in [5.74, 6) is -0.284. The van der Waals surface area contributed by atoms with Gasteiger partial charge in [-0.05, 0) is 49.1 Å². The number of rotatable bonds is 8. The molecule has 2 heterocycles. The lowest BCUT2D eigenvalue weighted by Gasteiger charge is -2.33. The van der Waals surface area contributed by atoms with Crippen LogP contribution in [0.4, 0.5) is 11.4 Å². The monoisotopic (exact) mass is 492 g/mol. The van der Waals surface area contributed by atoms with Crippen molar-refractivity contribution in [2.75, 3.05) is 63.2 Å². The third-order valence-corrected chi connectivity index (χ3v) is 6.95. The Morgan fingerprint density at radius 1 is 0.944 bits per heavy atom. The van der Waals surface area contributed by atoms with E-state index in [0.717, 1.165) is 44.0 Å². The molecule has 36 heavy (non-hydrogen) atoms. The van der Waals surface area contributed by atoms with Gasteiger partial charge in [-0.15, -0.1) is 0 Å². The Morgan fingerprint density at radius 2 is 1.61 bits per heavy atom. The number of amides is 3. The predicted octanol–water partition coefficient (Wildman–Crippen LogP) is 2.79. The van der Waals surface area contributed by atoms with Crippen molar-refractivity contribution in [3.05, 3.63) is 60.2 Å². The van der Waals surface area contributed by atoms with Crippen LogP contribution in [0.25, 0.3) is 0 Å². The van der Waals surface area contributed by atoms with Crippen molar-refractivity contribution in [1.82, 2.24) is 9.80 Å². The number of carbonyl (C=O) groups excluding carboxylic acids is 3. The zero-order chi connectivity index (χ0) is 25.3. The van der Waals surface area contributed by atoms with Crippen LogP contribution >= 0.6 is 0 Å². The smallest absolute Gasteiger partial charge is 0.243 e. The number of likely N-dealkylation sites (tertiary alicyclic amines) is 1. The first kappa shape index (κ1) is 25.7. The van der Waals surface area contributed by atoms with E-state index in [2.05, 4.69) is 10.2 Å². The van der Waals surface area contributed by atoms with Crippen LogP contribution in [0, 0.1) is 5.92 Å².